The number of rotatable bonds is 5. The van der Waals surface area contributed by atoms with E-state index in [1.165, 1.54) is 24.3 Å². The van der Waals surface area contributed by atoms with Crippen molar-refractivity contribution in [1.29, 1.82) is 1.43 Å². The summed E-state index contributed by atoms with van der Waals surface area (Å²) >= 11 is 0. The minimum absolute atomic E-state index is 0.170. The molecule has 0 aliphatic heterocycles. The lowest BCUT2D eigenvalue weighted by Gasteiger charge is -2.08. The van der Waals surface area contributed by atoms with Gasteiger partial charge in [0.15, 0.2) is 0 Å². The van der Waals surface area contributed by atoms with E-state index in [9.17, 15) is 9.90 Å². The maximum Gasteiger partial charge on any atom is 0.345 e. The van der Waals surface area contributed by atoms with Gasteiger partial charge in [-0.05, 0) is 17.7 Å². The second kappa shape index (κ2) is 3.91. The molecule has 1 rings (SSSR count). The van der Waals surface area contributed by atoms with Crippen molar-refractivity contribution in [3.8, 4) is 5.75 Å². The predicted molar refractivity (Wildman–Crippen MR) is 43.5 cm³/mol. The van der Waals surface area contributed by atoms with Crippen LogP contribution in [0.2, 0.25) is 4.24 Å². The van der Waals surface area contributed by atoms with Gasteiger partial charge in [-0.2, -0.15) is 0 Å². The van der Waals surface area contributed by atoms with Crippen molar-refractivity contribution >= 4 is 5.97 Å². The van der Waals surface area contributed by atoms with Crippen LogP contribution < -0.4 is 10.8 Å². The van der Waals surface area contributed by atoms with Crippen molar-refractivity contribution in [3.63, 3.8) is 0 Å². The van der Waals surface area contributed by atoms with Crippen molar-refractivity contribution < 1.29 is 25.0 Å². The summed E-state index contributed by atoms with van der Waals surface area (Å²) in [6, 6.07) is 4.34. The molecule has 0 saturated carbocycles. The van der Waals surface area contributed by atoms with Gasteiger partial charge in [-0.25, -0.2) is 0 Å². The number of carboxylic acid groups (broad SMARTS) is 1. The van der Waals surface area contributed by atoms with E-state index in [1.54, 1.807) is 0 Å². The fraction of sp³-hybridized carbons (Fsp3) is 0.222. The molecular formula is C9H11NO3. The van der Waals surface area contributed by atoms with E-state index < -0.39 is 17.7 Å². The number of carbonyl (C=O) groups excluding carboxylic acids is 1. The average molecular weight is 185 g/mol. The minimum atomic E-state index is -1.95. The predicted octanol–water partition coefficient (Wildman–Crippen LogP) is -1.70. The average Bonchev–Trinajstić information content (AvgIpc) is 2.24. The van der Waals surface area contributed by atoms with Gasteiger partial charge in [0.1, 0.15) is 11.8 Å². The Morgan fingerprint density at radius 3 is 2.85 bits per heavy atom. The maximum atomic E-state index is 10.7. The third-order valence-corrected chi connectivity index (χ3v) is 1.62. The van der Waals surface area contributed by atoms with E-state index in [2.05, 4.69) is 5.11 Å². The fourth-order valence-corrected chi connectivity index (χ4v) is 0.932. The summed E-state index contributed by atoms with van der Waals surface area (Å²) in [4.78, 5) is 10.7. The summed E-state index contributed by atoms with van der Waals surface area (Å²) in [7, 11) is 0. The first-order valence-corrected chi connectivity index (χ1v) is 3.74. The Kier molecular flexibility index (Phi) is 1.58. The Balaban J connectivity index is 2.83. The first-order chi connectivity index (χ1) is 7.84. The molecular weight excluding hydrogens is 170 g/mol. The molecule has 13 heavy (non-hydrogen) atoms. The quantitative estimate of drug-likeness (QED) is 0.573. The molecule has 0 aliphatic carbocycles. The zero-order valence-electron chi connectivity index (χ0n) is 10.8. The lowest BCUT2D eigenvalue weighted by Crippen LogP contribution is -2.69. The summed E-state index contributed by atoms with van der Waals surface area (Å²) in [5, 5.41) is 14.9. The van der Waals surface area contributed by atoms with Crippen LogP contribution in [0.15, 0.2) is 24.3 Å². The first-order valence-electron chi connectivity index (χ1n) is 5.49. The van der Waals surface area contributed by atoms with E-state index in [-0.39, 0.29) is 6.42 Å². The molecule has 0 bridgehead atoms. The van der Waals surface area contributed by atoms with E-state index in [0.717, 1.165) is 0 Å². The zero-order chi connectivity index (χ0) is 13.1. The second-order valence-corrected chi connectivity index (χ2v) is 2.68. The molecule has 1 aromatic rings. The van der Waals surface area contributed by atoms with Gasteiger partial charge in [-0.15, -0.1) is 0 Å². The molecule has 70 valence electrons. The molecule has 0 amide bonds. The molecule has 0 heterocycles. The largest absolute Gasteiger partial charge is 0.544 e. The zero-order valence-corrected chi connectivity index (χ0v) is 6.77. The lowest BCUT2D eigenvalue weighted by molar-refractivity contribution is -0.437. The number of quaternary nitrogens is 1. The number of hydrogen-bond acceptors (Lipinski definition) is 3. The van der Waals surface area contributed by atoms with Crippen LogP contribution in [-0.4, -0.2) is 18.6 Å². The van der Waals surface area contributed by atoms with Gasteiger partial charge in [0.25, 0.3) is 1.43 Å². The molecule has 0 aromatic heterocycles. The second-order valence-electron chi connectivity index (χ2n) is 2.68. The molecule has 0 aliphatic rings. The summed E-state index contributed by atoms with van der Waals surface area (Å²) in [6.07, 6.45) is -0.170. The number of aliphatic carboxylic acids is 1. The Labute approximate surface area is 81.5 Å². The fourth-order valence-electron chi connectivity index (χ4n) is 0.932. The van der Waals surface area contributed by atoms with Gasteiger partial charge in [0, 0.05) is 6.42 Å². The number of carboxylic acids is 1. The van der Waals surface area contributed by atoms with E-state index in [4.69, 9.17) is 5.67 Å². The topological polar surface area (TPSA) is 88.0 Å². The highest BCUT2D eigenvalue weighted by molar-refractivity contribution is 5.69. The van der Waals surface area contributed by atoms with Crippen LogP contribution in [0.3, 0.4) is 0 Å². The lowest BCUT2D eigenvalue weighted by atomic mass is 10.1. The number of phenols is 1. The molecule has 0 unspecified atom stereocenters. The summed E-state index contributed by atoms with van der Waals surface area (Å²) in [5.41, 5.74) is -1.42. The van der Waals surface area contributed by atoms with Gasteiger partial charge in [0.2, 0.25) is 0 Å². The van der Waals surface area contributed by atoms with E-state index in [0.29, 0.717) is 11.3 Å². The molecule has 4 heteroatoms. The van der Waals surface area contributed by atoms with Crippen molar-refractivity contribution in [2.45, 2.75) is 12.5 Å². The summed E-state index contributed by atoms with van der Waals surface area (Å²) in [5.74, 6) is -1.33. The summed E-state index contributed by atoms with van der Waals surface area (Å²) < 4.78 is 27.8. The molecule has 1 aromatic carbocycles. The Morgan fingerprint density at radius 1 is 1.69 bits per heavy atom. The van der Waals surface area contributed by atoms with Crippen molar-refractivity contribution in [3.05, 3.63) is 29.8 Å². The van der Waals surface area contributed by atoms with Crippen LogP contribution in [0.25, 0.3) is 0 Å². The molecule has 1 atom stereocenters. The van der Waals surface area contributed by atoms with Gasteiger partial charge < -0.3 is 20.7 Å². The van der Waals surface area contributed by atoms with Crippen LogP contribution in [0, 0.1) is 0 Å². The Bertz CT molecular complexity index is 390. The molecule has 0 fully saturated rings. The highest BCUT2D eigenvalue weighted by Crippen LogP contribution is 2.10. The number of carbonyl (C=O) groups is 1. The standard InChI is InChI=1S/C9H11NO3/c10-8(9(12)13)5-6-1-3-7(11)4-2-6/h1-4,8,11H,5,10H2,(H,12,13)/t8-/m0/s1/i/hD4. The highest BCUT2D eigenvalue weighted by atomic mass is 16.4. The summed E-state index contributed by atoms with van der Waals surface area (Å²) in [6.45, 7) is 0. The van der Waals surface area contributed by atoms with Gasteiger partial charge in [-0.1, -0.05) is 12.1 Å². The number of phenolic OH excluding ortho intramolecular Hbond substituents is 1. The molecule has 0 saturated heterocycles. The van der Waals surface area contributed by atoms with Crippen LogP contribution >= 0.6 is 0 Å². The number of aromatic hydroxyl groups is 1. The highest BCUT2D eigenvalue weighted by Gasteiger charge is 2.07. The molecule has 0 radical (unpaired) electrons. The number of benzene rings is 1. The minimum Gasteiger partial charge on any atom is -0.544 e. The molecule has 4 N–H and O–H groups in total. The van der Waals surface area contributed by atoms with Crippen LogP contribution in [0.4, 0.5) is 0 Å². The molecule has 0 spiro atoms. The van der Waals surface area contributed by atoms with Crippen LogP contribution in [0.5, 0.6) is 5.75 Å². The Morgan fingerprint density at radius 2 is 2.38 bits per heavy atom. The molecule has 4 nitrogen and oxygen atoms in total. The normalized spacial score (nSPS) is 17.5. The van der Waals surface area contributed by atoms with Crippen molar-refractivity contribution in [2.75, 3.05) is 0 Å². The van der Waals surface area contributed by atoms with Gasteiger partial charge in [-0.3, -0.25) is 0 Å². The number of hydrogen-bond donors (Lipinski definition) is 2. The third kappa shape index (κ3) is 2.76. The van der Waals surface area contributed by atoms with Crippen molar-refractivity contribution in [2.24, 2.45) is 0 Å². The van der Waals surface area contributed by atoms with Gasteiger partial charge in [0.05, 0.1) is 5.97 Å². The Hall–Kier alpha value is -1.55. The monoisotopic (exact) mass is 185 g/mol. The third-order valence-electron chi connectivity index (χ3n) is 1.62. The first kappa shape index (κ1) is 5.24. The van der Waals surface area contributed by atoms with Gasteiger partial charge >= 0.3 is 4.24 Å². The smallest absolute Gasteiger partial charge is 0.345 e. The van der Waals surface area contributed by atoms with Crippen molar-refractivity contribution in [1.82, 2.24) is 0 Å². The maximum absolute atomic E-state index is 10.7. The van der Waals surface area contributed by atoms with Crippen LogP contribution in [-0.2, 0) is 11.2 Å². The SMILES string of the molecule is [2H]Oc1ccc(C[C@@H](C(=O)[O-])[N+]([2H])([2H])[2H])cc1. The van der Waals surface area contributed by atoms with E-state index >= 15 is 0 Å². The van der Waals surface area contributed by atoms with E-state index in [1.807, 2.05) is 0 Å². The van der Waals surface area contributed by atoms with Crippen LogP contribution in [0.1, 0.15) is 5.56 Å².